The van der Waals surface area contributed by atoms with Crippen LogP contribution in [0.4, 0.5) is 5.69 Å². The number of terminal acetylenes is 1. The Labute approximate surface area is 206 Å². The summed E-state index contributed by atoms with van der Waals surface area (Å²) in [7, 11) is 3.99. The molecule has 5 heteroatoms. The van der Waals surface area contributed by atoms with Crippen LogP contribution in [0.3, 0.4) is 0 Å². The first kappa shape index (κ1) is 24.1. The molecule has 0 aliphatic rings. The van der Waals surface area contributed by atoms with Crippen LogP contribution in [0.1, 0.15) is 26.3 Å². The van der Waals surface area contributed by atoms with E-state index in [0.29, 0.717) is 0 Å². The minimum Gasteiger partial charge on any atom is -0.481 e. The maximum absolute atomic E-state index is 12.5. The molecule has 0 aliphatic heterocycles. The van der Waals surface area contributed by atoms with E-state index >= 15 is 0 Å². The number of aryl methyl sites for hydroxylation is 1. The molecule has 0 radical (unpaired) electrons. The van der Waals surface area contributed by atoms with Crippen LogP contribution >= 0.6 is 0 Å². The molecule has 1 heterocycles. The highest BCUT2D eigenvalue weighted by Gasteiger charge is 2.23. The summed E-state index contributed by atoms with van der Waals surface area (Å²) in [4.78, 5) is 12.5. The molecule has 1 N–H and O–H groups in total. The van der Waals surface area contributed by atoms with Gasteiger partial charge in [-0.15, -0.1) is 6.42 Å². The minimum atomic E-state index is -0.518. The number of rotatable bonds is 6. The molecule has 0 spiro atoms. The van der Waals surface area contributed by atoms with E-state index in [4.69, 9.17) is 15.9 Å². The second-order valence-electron chi connectivity index (χ2n) is 9.55. The lowest BCUT2D eigenvalue weighted by atomic mass is 9.96. The lowest BCUT2D eigenvalue weighted by molar-refractivity contribution is -0.632. The Kier molecular flexibility index (Phi) is 6.66. The number of esters is 1. The molecule has 0 fully saturated rings. The number of benzene rings is 3. The largest absolute Gasteiger partial charge is 0.481 e. The Bertz CT molecular complexity index is 1440. The van der Waals surface area contributed by atoms with Gasteiger partial charge in [-0.2, -0.15) is 4.57 Å². The Balaban J connectivity index is 1.90. The summed E-state index contributed by atoms with van der Waals surface area (Å²) in [5, 5.41) is 6.56. The fraction of sp³-hybridized carbons (Fsp3) is 0.267. The molecule has 0 amide bonds. The van der Waals surface area contributed by atoms with Crippen molar-refractivity contribution in [1.29, 1.82) is 0 Å². The number of ether oxygens (including phenoxy) is 2. The first-order chi connectivity index (χ1) is 16.7. The maximum atomic E-state index is 12.5. The lowest BCUT2D eigenvalue weighted by Crippen LogP contribution is -2.32. The van der Waals surface area contributed by atoms with Crippen LogP contribution in [-0.4, -0.2) is 25.2 Å². The molecular weight excluding hydrogens is 436 g/mol. The quantitative estimate of drug-likeness (QED) is 0.178. The van der Waals surface area contributed by atoms with Gasteiger partial charge < -0.3 is 14.8 Å². The van der Waals surface area contributed by atoms with Crippen molar-refractivity contribution in [3.05, 3.63) is 66.2 Å². The molecule has 3 aromatic carbocycles. The molecule has 0 saturated heterocycles. The van der Waals surface area contributed by atoms with E-state index in [1.165, 1.54) is 0 Å². The second kappa shape index (κ2) is 9.68. The van der Waals surface area contributed by atoms with Crippen molar-refractivity contribution in [3.63, 3.8) is 0 Å². The van der Waals surface area contributed by atoms with Crippen molar-refractivity contribution in [2.75, 3.05) is 19.0 Å². The predicted octanol–water partition coefficient (Wildman–Crippen LogP) is 5.42. The number of fused-ring (bicyclic) bond motifs is 3. The highest BCUT2D eigenvalue weighted by Crippen LogP contribution is 2.33. The fourth-order valence-electron chi connectivity index (χ4n) is 4.35. The first-order valence-electron chi connectivity index (χ1n) is 11.6. The second-order valence-corrected chi connectivity index (χ2v) is 9.55. The molecule has 4 rings (SSSR count). The number of carbonyl (C=O) groups excluding carboxylic acids is 1. The van der Waals surface area contributed by atoms with Crippen molar-refractivity contribution in [3.8, 4) is 29.4 Å². The van der Waals surface area contributed by atoms with Gasteiger partial charge in [0.2, 0.25) is 11.2 Å². The van der Waals surface area contributed by atoms with E-state index in [2.05, 4.69) is 53.2 Å². The maximum Gasteiger partial charge on any atom is 0.310 e. The Morgan fingerprint density at radius 1 is 1.00 bits per heavy atom. The zero-order valence-electron chi connectivity index (χ0n) is 20.9. The van der Waals surface area contributed by atoms with E-state index in [-0.39, 0.29) is 19.0 Å². The molecule has 4 aromatic rings. The monoisotopic (exact) mass is 467 g/mol. The highest BCUT2D eigenvalue weighted by molar-refractivity contribution is 6.09. The Morgan fingerprint density at radius 2 is 1.71 bits per heavy atom. The third-order valence-corrected chi connectivity index (χ3v) is 5.83. The van der Waals surface area contributed by atoms with Crippen LogP contribution in [0.25, 0.3) is 32.9 Å². The zero-order chi connectivity index (χ0) is 25.2. The molecule has 1 aromatic heterocycles. The average Bonchev–Trinajstić information content (AvgIpc) is 2.82. The van der Waals surface area contributed by atoms with E-state index < -0.39 is 5.60 Å². The number of hydrogen-bond donors (Lipinski definition) is 1. The summed E-state index contributed by atoms with van der Waals surface area (Å²) in [5.41, 5.74) is 4.63. The third-order valence-electron chi connectivity index (χ3n) is 5.83. The van der Waals surface area contributed by atoms with Gasteiger partial charge in [-0.1, -0.05) is 18.1 Å². The number of carbonyl (C=O) groups is 1. The summed E-state index contributed by atoms with van der Waals surface area (Å²) < 4.78 is 13.3. The smallest absolute Gasteiger partial charge is 0.310 e. The molecule has 35 heavy (non-hydrogen) atoms. The minimum absolute atomic E-state index is 0.214. The topological polar surface area (TPSA) is 51.4 Å². The summed E-state index contributed by atoms with van der Waals surface area (Å²) >= 11 is 0. The molecule has 0 aliphatic carbocycles. The molecule has 0 atom stereocenters. The van der Waals surface area contributed by atoms with Gasteiger partial charge in [0.1, 0.15) is 25.0 Å². The number of nitrogens with one attached hydrogen (secondary N) is 1. The summed E-state index contributed by atoms with van der Waals surface area (Å²) in [6.07, 6.45) is 5.54. The van der Waals surface area contributed by atoms with Gasteiger partial charge in [0, 0.05) is 29.8 Å². The molecule has 5 nitrogen and oxygen atoms in total. The number of anilines is 1. The van der Waals surface area contributed by atoms with Gasteiger partial charge in [-0.25, -0.2) is 0 Å². The van der Waals surface area contributed by atoms with Crippen molar-refractivity contribution in [2.24, 2.45) is 7.05 Å². The number of aromatic nitrogens is 1. The van der Waals surface area contributed by atoms with Crippen molar-refractivity contribution >= 4 is 33.3 Å². The van der Waals surface area contributed by atoms with Crippen LogP contribution in [0.5, 0.6) is 5.75 Å². The number of pyridine rings is 1. The van der Waals surface area contributed by atoms with Gasteiger partial charge in [-0.05, 0) is 68.8 Å². The molecule has 178 valence electrons. The normalized spacial score (nSPS) is 11.3. The van der Waals surface area contributed by atoms with Crippen LogP contribution in [0, 0.1) is 12.3 Å². The third kappa shape index (κ3) is 5.22. The van der Waals surface area contributed by atoms with E-state index in [0.717, 1.165) is 49.9 Å². The fourth-order valence-corrected chi connectivity index (χ4v) is 4.35. The molecular formula is C30H31N2O3+. The van der Waals surface area contributed by atoms with Gasteiger partial charge in [0.05, 0.1) is 17.2 Å². The SMILES string of the molecule is C#CCOc1ccc(-c2c3cc(CC(=O)OC(C)(C)C)ccc3c3ccc(NC)cc3[n+]2C)cc1. The van der Waals surface area contributed by atoms with Gasteiger partial charge in [-0.3, -0.25) is 4.79 Å². The Hall–Kier alpha value is -4.04. The highest BCUT2D eigenvalue weighted by atomic mass is 16.6. The van der Waals surface area contributed by atoms with Crippen molar-refractivity contribution in [1.82, 2.24) is 0 Å². The van der Waals surface area contributed by atoms with Gasteiger partial charge in [0.25, 0.3) is 0 Å². The first-order valence-corrected chi connectivity index (χ1v) is 11.6. The van der Waals surface area contributed by atoms with Crippen LogP contribution in [-0.2, 0) is 23.0 Å². The van der Waals surface area contributed by atoms with E-state index in [9.17, 15) is 4.79 Å². The van der Waals surface area contributed by atoms with Crippen LogP contribution in [0.15, 0.2) is 60.7 Å². The lowest BCUT2D eigenvalue weighted by Gasteiger charge is -2.19. The van der Waals surface area contributed by atoms with Gasteiger partial charge >= 0.3 is 5.97 Å². The van der Waals surface area contributed by atoms with Gasteiger partial charge in [0.15, 0.2) is 0 Å². The van der Waals surface area contributed by atoms with Crippen molar-refractivity contribution in [2.45, 2.75) is 32.8 Å². The average molecular weight is 468 g/mol. The standard InChI is InChI=1S/C30H30N2O3/c1-7-16-34-23-12-9-21(10-13-23)29-26-17-20(18-28(33)35-30(2,3)4)8-14-24(26)25-15-11-22(31-5)19-27(25)32(29)6/h1,8-15,17,19H,16,18H2,2-6H3/p+1. The van der Waals surface area contributed by atoms with Crippen molar-refractivity contribution < 1.29 is 18.8 Å². The molecule has 0 unspecified atom stereocenters. The predicted molar refractivity (Wildman–Crippen MR) is 141 cm³/mol. The Morgan fingerprint density at radius 3 is 2.37 bits per heavy atom. The van der Waals surface area contributed by atoms with Crippen LogP contribution < -0.4 is 14.6 Å². The summed E-state index contributed by atoms with van der Waals surface area (Å²) in [6.45, 7) is 5.87. The zero-order valence-corrected chi connectivity index (χ0v) is 20.9. The van der Waals surface area contributed by atoms with E-state index in [1.807, 2.05) is 58.2 Å². The molecule has 0 saturated carbocycles. The van der Waals surface area contributed by atoms with E-state index in [1.54, 1.807) is 0 Å². The molecule has 0 bridgehead atoms. The van der Waals surface area contributed by atoms with Crippen LogP contribution in [0.2, 0.25) is 0 Å². The number of nitrogens with zero attached hydrogens (tertiary/aromatic N) is 1. The summed E-state index contributed by atoms with van der Waals surface area (Å²) in [6, 6.07) is 20.5. The number of hydrogen-bond acceptors (Lipinski definition) is 4. The summed E-state index contributed by atoms with van der Waals surface area (Å²) in [5.74, 6) is 2.98.